The first-order valence-corrected chi connectivity index (χ1v) is 6.05. The fraction of sp³-hybridized carbons (Fsp3) is 0.500. The minimum Gasteiger partial charge on any atom is -0.496 e. The van der Waals surface area contributed by atoms with Gasteiger partial charge in [0.05, 0.1) is 7.11 Å². The van der Waals surface area contributed by atoms with Crippen LogP contribution in [0.15, 0.2) is 10.5 Å². The maximum absolute atomic E-state index is 8.86. The summed E-state index contributed by atoms with van der Waals surface area (Å²) >= 11 is 3.53. The number of halogens is 1. The van der Waals surface area contributed by atoms with Crippen LogP contribution in [0.5, 0.6) is 5.75 Å². The zero-order chi connectivity index (χ0) is 12.3. The van der Waals surface area contributed by atoms with E-state index in [1.165, 1.54) is 0 Å². The molecule has 1 rings (SSSR count). The number of hydrogen-bond acceptors (Lipinski definition) is 3. The third kappa shape index (κ3) is 2.56. The third-order valence-corrected chi connectivity index (χ3v) is 3.54. The van der Waals surface area contributed by atoms with Crippen LogP contribution in [-0.2, 0) is 6.54 Å². The Balaban J connectivity index is 3.42. The van der Waals surface area contributed by atoms with E-state index in [4.69, 9.17) is 9.94 Å². The third-order valence-electron chi connectivity index (χ3n) is 2.71. The van der Waals surface area contributed by atoms with E-state index in [-0.39, 0.29) is 0 Å². The zero-order valence-electron chi connectivity index (χ0n) is 10.1. The van der Waals surface area contributed by atoms with Crippen LogP contribution in [0.4, 0.5) is 0 Å². The van der Waals surface area contributed by atoms with Gasteiger partial charge in [-0.3, -0.25) is 0 Å². The lowest BCUT2D eigenvalue weighted by atomic mass is 9.96. The maximum atomic E-state index is 8.86. The molecule has 0 heterocycles. The lowest BCUT2D eigenvalue weighted by Gasteiger charge is -2.19. The highest BCUT2D eigenvalue weighted by molar-refractivity contribution is 9.10. The Labute approximate surface area is 105 Å². The average Bonchev–Trinajstić information content (AvgIpc) is 2.24. The molecule has 1 aromatic carbocycles. The number of ether oxygens (including phenoxy) is 1. The summed E-state index contributed by atoms with van der Waals surface area (Å²) in [5.41, 5.74) is 5.41. The van der Waals surface area contributed by atoms with Gasteiger partial charge < -0.3 is 9.94 Å². The van der Waals surface area contributed by atoms with Gasteiger partial charge in [-0.2, -0.15) is 0 Å². The Morgan fingerprint density at radius 2 is 2.12 bits per heavy atom. The molecule has 0 aromatic heterocycles. The molecule has 90 valence electrons. The Morgan fingerprint density at radius 1 is 1.50 bits per heavy atom. The number of hydrogen-bond donors (Lipinski definition) is 2. The van der Waals surface area contributed by atoms with Gasteiger partial charge >= 0.3 is 0 Å². The fourth-order valence-corrected chi connectivity index (χ4v) is 2.25. The highest BCUT2D eigenvalue weighted by atomic mass is 79.9. The molecule has 0 bridgehead atoms. The summed E-state index contributed by atoms with van der Waals surface area (Å²) in [6, 6.07) is 2.08. The first-order chi connectivity index (χ1) is 7.52. The van der Waals surface area contributed by atoms with Crippen molar-refractivity contribution >= 4 is 15.9 Å². The summed E-state index contributed by atoms with van der Waals surface area (Å²) in [5, 5.41) is 8.86. The Kier molecular flexibility index (Phi) is 4.77. The van der Waals surface area contributed by atoms with Crippen molar-refractivity contribution in [3.8, 4) is 5.75 Å². The van der Waals surface area contributed by atoms with Crippen LogP contribution >= 0.6 is 15.9 Å². The van der Waals surface area contributed by atoms with Crippen molar-refractivity contribution in [2.45, 2.75) is 33.2 Å². The molecule has 0 fully saturated rings. The molecule has 0 aliphatic rings. The molecule has 0 atom stereocenters. The molecule has 0 saturated heterocycles. The topological polar surface area (TPSA) is 41.5 Å². The minimum absolute atomic E-state index is 0.379. The van der Waals surface area contributed by atoms with Gasteiger partial charge in [0.1, 0.15) is 5.75 Å². The Bertz CT molecular complexity index is 378. The molecule has 3 nitrogen and oxygen atoms in total. The summed E-state index contributed by atoms with van der Waals surface area (Å²) in [6.45, 7) is 6.63. The SMILES string of the molecule is COc1c(C(C)C)cc(Br)c(C)c1CNO. The van der Waals surface area contributed by atoms with Crippen molar-refractivity contribution in [1.29, 1.82) is 0 Å². The van der Waals surface area contributed by atoms with Gasteiger partial charge in [-0.05, 0) is 30.0 Å². The van der Waals surface area contributed by atoms with Crippen molar-refractivity contribution in [3.05, 3.63) is 27.2 Å². The van der Waals surface area contributed by atoms with Crippen molar-refractivity contribution in [2.24, 2.45) is 0 Å². The zero-order valence-corrected chi connectivity index (χ0v) is 11.7. The number of nitrogens with one attached hydrogen (secondary N) is 1. The van der Waals surface area contributed by atoms with Crippen LogP contribution in [0.2, 0.25) is 0 Å². The lowest BCUT2D eigenvalue weighted by molar-refractivity contribution is 0.160. The van der Waals surface area contributed by atoms with Gasteiger partial charge in [0.2, 0.25) is 0 Å². The fourth-order valence-electron chi connectivity index (χ4n) is 1.76. The smallest absolute Gasteiger partial charge is 0.127 e. The standard InChI is InChI=1S/C12H18BrNO2/c1-7(2)9-5-11(13)8(3)10(6-14-15)12(9)16-4/h5,7,14-15H,6H2,1-4H3. The predicted molar refractivity (Wildman–Crippen MR) is 68.1 cm³/mol. The van der Waals surface area contributed by atoms with Gasteiger partial charge in [0, 0.05) is 16.6 Å². The summed E-state index contributed by atoms with van der Waals surface area (Å²) < 4.78 is 6.50. The highest BCUT2D eigenvalue weighted by Crippen LogP contribution is 2.36. The molecule has 0 unspecified atom stereocenters. The van der Waals surface area contributed by atoms with Crippen LogP contribution < -0.4 is 10.2 Å². The van der Waals surface area contributed by atoms with E-state index in [0.29, 0.717) is 12.5 Å². The van der Waals surface area contributed by atoms with E-state index in [1.54, 1.807) is 7.11 Å². The first kappa shape index (κ1) is 13.5. The van der Waals surface area contributed by atoms with E-state index < -0.39 is 0 Å². The van der Waals surface area contributed by atoms with Gasteiger partial charge in [-0.25, -0.2) is 5.48 Å². The van der Waals surface area contributed by atoms with Gasteiger partial charge in [0.15, 0.2) is 0 Å². The molecule has 4 heteroatoms. The molecule has 1 aromatic rings. The molecule has 0 radical (unpaired) electrons. The second-order valence-electron chi connectivity index (χ2n) is 4.07. The average molecular weight is 288 g/mol. The highest BCUT2D eigenvalue weighted by Gasteiger charge is 2.16. The molecule has 0 saturated carbocycles. The van der Waals surface area contributed by atoms with Crippen LogP contribution in [0.3, 0.4) is 0 Å². The second-order valence-corrected chi connectivity index (χ2v) is 4.93. The largest absolute Gasteiger partial charge is 0.496 e. The van der Waals surface area contributed by atoms with E-state index in [9.17, 15) is 0 Å². The summed E-state index contributed by atoms with van der Waals surface area (Å²) in [7, 11) is 1.66. The van der Waals surface area contributed by atoms with Crippen LogP contribution in [0.25, 0.3) is 0 Å². The number of hydroxylamine groups is 1. The molecule has 0 spiro atoms. The summed E-state index contributed by atoms with van der Waals surface area (Å²) in [6.07, 6.45) is 0. The molecule has 0 aliphatic heterocycles. The van der Waals surface area contributed by atoms with Crippen molar-refractivity contribution in [3.63, 3.8) is 0 Å². The Hall–Kier alpha value is -0.580. The van der Waals surface area contributed by atoms with E-state index in [0.717, 1.165) is 26.9 Å². The monoisotopic (exact) mass is 287 g/mol. The van der Waals surface area contributed by atoms with Crippen LogP contribution in [0.1, 0.15) is 36.5 Å². The molecule has 0 aliphatic carbocycles. The molecular weight excluding hydrogens is 270 g/mol. The quantitative estimate of drug-likeness (QED) is 0.835. The van der Waals surface area contributed by atoms with Crippen LogP contribution in [-0.4, -0.2) is 12.3 Å². The summed E-state index contributed by atoms with van der Waals surface area (Å²) in [5.74, 6) is 1.24. The van der Waals surface area contributed by atoms with Gasteiger partial charge in [-0.1, -0.05) is 29.8 Å². The van der Waals surface area contributed by atoms with Gasteiger partial charge in [-0.15, -0.1) is 0 Å². The van der Waals surface area contributed by atoms with E-state index in [2.05, 4.69) is 41.3 Å². The molecule has 0 amide bonds. The summed E-state index contributed by atoms with van der Waals surface area (Å²) in [4.78, 5) is 0. The second kappa shape index (κ2) is 5.66. The van der Waals surface area contributed by atoms with Gasteiger partial charge in [0.25, 0.3) is 0 Å². The normalized spacial score (nSPS) is 10.9. The number of methoxy groups -OCH3 is 1. The molecule has 2 N–H and O–H groups in total. The van der Waals surface area contributed by atoms with Crippen molar-refractivity contribution in [1.82, 2.24) is 5.48 Å². The van der Waals surface area contributed by atoms with Crippen molar-refractivity contribution < 1.29 is 9.94 Å². The minimum atomic E-state index is 0.379. The Morgan fingerprint density at radius 3 is 2.56 bits per heavy atom. The van der Waals surface area contributed by atoms with E-state index >= 15 is 0 Å². The lowest BCUT2D eigenvalue weighted by Crippen LogP contribution is -2.11. The molecular formula is C12H18BrNO2. The van der Waals surface area contributed by atoms with Crippen molar-refractivity contribution in [2.75, 3.05) is 7.11 Å². The predicted octanol–water partition coefficient (Wildman–Crippen LogP) is 3.37. The first-order valence-electron chi connectivity index (χ1n) is 5.25. The number of benzene rings is 1. The maximum Gasteiger partial charge on any atom is 0.127 e. The van der Waals surface area contributed by atoms with E-state index in [1.807, 2.05) is 6.92 Å². The molecule has 16 heavy (non-hydrogen) atoms. The number of rotatable bonds is 4. The van der Waals surface area contributed by atoms with Crippen LogP contribution in [0, 0.1) is 6.92 Å².